The lowest BCUT2D eigenvalue weighted by Crippen LogP contribution is -2.72. The molecule has 0 aliphatic carbocycles. The summed E-state index contributed by atoms with van der Waals surface area (Å²) in [7, 11) is 0. The zero-order valence-electron chi connectivity index (χ0n) is 14.7. The molecule has 1 saturated heterocycles. The number of hydrogen-bond donors (Lipinski definition) is 1. The van der Waals surface area contributed by atoms with Crippen molar-refractivity contribution < 1.29 is 19.1 Å². The second-order valence-electron chi connectivity index (χ2n) is 7.32. The number of amides is 2. The first-order valence-electron chi connectivity index (χ1n) is 7.65. The Morgan fingerprint density at radius 2 is 1.50 bits per heavy atom. The highest BCUT2D eigenvalue weighted by Crippen LogP contribution is 2.44. The minimum atomic E-state index is -1.11. The molecule has 0 atom stereocenters. The molecular weight excluding hydrogens is 284 g/mol. The number of carbonyl (C=O) groups excluding carboxylic acids is 3. The van der Waals surface area contributed by atoms with Gasteiger partial charge in [-0.25, -0.2) is 4.79 Å². The van der Waals surface area contributed by atoms with Crippen LogP contribution in [0.3, 0.4) is 0 Å². The number of esters is 1. The maximum atomic E-state index is 12.6. The molecule has 0 saturated carbocycles. The van der Waals surface area contributed by atoms with Gasteiger partial charge in [-0.15, -0.1) is 0 Å². The molecule has 6 nitrogen and oxygen atoms in total. The third kappa shape index (κ3) is 3.42. The SMILES string of the molecule is CCOC(=O)C1(NC(C)=O)CC(C)(C)N(C(C)=O)C(C)(C)C1. The van der Waals surface area contributed by atoms with Crippen molar-refractivity contribution in [3.05, 3.63) is 0 Å². The molecule has 1 rings (SSSR count). The Morgan fingerprint density at radius 1 is 1.05 bits per heavy atom. The molecule has 0 radical (unpaired) electrons. The summed E-state index contributed by atoms with van der Waals surface area (Å²) < 4.78 is 5.21. The number of hydrogen-bond acceptors (Lipinski definition) is 4. The molecule has 0 aromatic rings. The van der Waals surface area contributed by atoms with E-state index in [0.717, 1.165) is 0 Å². The Balaban J connectivity index is 3.35. The van der Waals surface area contributed by atoms with E-state index in [1.807, 2.05) is 27.7 Å². The number of piperidine rings is 1. The van der Waals surface area contributed by atoms with E-state index in [9.17, 15) is 14.4 Å². The van der Waals surface area contributed by atoms with Crippen LogP contribution in [0.2, 0.25) is 0 Å². The van der Waals surface area contributed by atoms with Gasteiger partial charge in [0.05, 0.1) is 6.61 Å². The van der Waals surface area contributed by atoms with Crippen LogP contribution in [-0.4, -0.2) is 45.9 Å². The van der Waals surface area contributed by atoms with E-state index in [-0.39, 0.29) is 18.4 Å². The number of carbonyl (C=O) groups is 3. The van der Waals surface area contributed by atoms with Crippen LogP contribution in [0, 0.1) is 0 Å². The minimum absolute atomic E-state index is 0.0460. The lowest BCUT2D eigenvalue weighted by atomic mass is 9.68. The van der Waals surface area contributed by atoms with Crippen molar-refractivity contribution in [2.45, 2.75) is 77.9 Å². The summed E-state index contributed by atoms with van der Waals surface area (Å²) in [5.74, 6) is -0.763. The molecule has 0 bridgehead atoms. The number of ether oxygens (including phenoxy) is 1. The summed E-state index contributed by atoms with van der Waals surface area (Å²) in [6, 6.07) is 0. The van der Waals surface area contributed by atoms with Gasteiger partial charge in [0, 0.05) is 37.8 Å². The van der Waals surface area contributed by atoms with Gasteiger partial charge >= 0.3 is 5.97 Å². The lowest BCUT2D eigenvalue weighted by molar-refractivity contribution is -0.170. The standard InChI is InChI=1S/C16H28N2O4/c1-8-22-13(21)16(17-11(2)19)9-14(4,5)18(12(3)20)15(6,7)10-16/h8-10H2,1-7H3,(H,17,19). The Kier molecular flexibility index (Phi) is 4.94. The molecule has 1 aliphatic rings. The predicted molar refractivity (Wildman–Crippen MR) is 83.1 cm³/mol. The summed E-state index contributed by atoms with van der Waals surface area (Å²) in [6.45, 7) is 12.5. The molecule has 6 heteroatoms. The molecule has 0 aromatic carbocycles. The summed E-state index contributed by atoms with van der Waals surface area (Å²) >= 11 is 0. The van der Waals surface area contributed by atoms with Crippen molar-refractivity contribution in [1.82, 2.24) is 10.2 Å². The summed E-state index contributed by atoms with van der Waals surface area (Å²) in [5, 5.41) is 2.80. The van der Waals surface area contributed by atoms with Crippen LogP contribution in [0.15, 0.2) is 0 Å². The second-order valence-corrected chi connectivity index (χ2v) is 7.32. The fourth-order valence-corrected chi connectivity index (χ4v) is 4.26. The summed E-state index contributed by atoms with van der Waals surface area (Å²) in [5.41, 5.74) is -2.27. The van der Waals surface area contributed by atoms with E-state index >= 15 is 0 Å². The number of nitrogens with one attached hydrogen (secondary N) is 1. The minimum Gasteiger partial charge on any atom is -0.464 e. The van der Waals surface area contributed by atoms with Crippen molar-refractivity contribution in [1.29, 1.82) is 0 Å². The molecule has 0 unspecified atom stereocenters. The van der Waals surface area contributed by atoms with Gasteiger partial charge < -0.3 is 15.0 Å². The van der Waals surface area contributed by atoms with Crippen LogP contribution in [0.5, 0.6) is 0 Å². The fraction of sp³-hybridized carbons (Fsp3) is 0.812. The molecule has 126 valence electrons. The van der Waals surface area contributed by atoms with E-state index < -0.39 is 22.6 Å². The third-order valence-corrected chi connectivity index (χ3v) is 4.08. The molecule has 1 heterocycles. The van der Waals surface area contributed by atoms with Crippen molar-refractivity contribution in [3.8, 4) is 0 Å². The van der Waals surface area contributed by atoms with Gasteiger partial charge in [-0.1, -0.05) is 0 Å². The van der Waals surface area contributed by atoms with Gasteiger partial charge in [-0.05, 0) is 34.6 Å². The number of nitrogens with zero attached hydrogens (tertiary/aromatic N) is 1. The maximum absolute atomic E-state index is 12.6. The predicted octanol–water partition coefficient (Wildman–Crippen LogP) is 1.62. The Bertz CT molecular complexity index is 465. The smallest absolute Gasteiger partial charge is 0.332 e. The number of likely N-dealkylation sites (tertiary alicyclic amines) is 1. The Labute approximate surface area is 132 Å². The fourth-order valence-electron chi connectivity index (χ4n) is 4.26. The molecular formula is C16H28N2O4. The van der Waals surface area contributed by atoms with Crippen LogP contribution >= 0.6 is 0 Å². The maximum Gasteiger partial charge on any atom is 0.332 e. The van der Waals surface area contributed by atoms with Crippen molar-refractivity contribution in [3.63, 3.8) is 0 Å². The van der Waals surface area contributed by atoms with Crippen LogP contribution in [0.25, 0.3) is 0 Å². The van der Waals surface area contributed by atoms with Gasteiger partial charge in [0.15, 0.2) is 0 Å². The average Bonchev–Trinajstić information content (AvgIpc) is 2.23. The monoisotopic (exact) mass is 312 g/mol. The molecule has 1 N–H and O–H groups in total. The summed E-state index contributed by atoms with van der Waals surface area (Å²) in [4.78, 5) is 38.1. The first-order valence-corrected chi connectivity index (χ1v) is 7.65. The largest absolute Gasteiger partial charge is 0.464 e. The highest BCUT2D eigenvalue weighted by Gasteiger charge is 2.57. The lowest BCUT2D eigenvalue weighted by Gasteiger charge is -2.58. The van der Waals surface area contributed by atoms with Gasteiger partial charge in [0.2, 0.25) is 11.8 Å². The normalized spacial score (nSPS) is 21.9. The van der Waals surface area contributed by atoms with Gasteiger partial charge in [-0.2, -0.15) is 0 Å². The van der Waals surface area contributed by atoms with Crippen LogP contribution < -0.4 is 5.32 Å². The van der Waals surface area contributed by atoms with Crippen LogP contribution in [0.4, 0.5) is 0 Å². The zero-order valence-corrected chi connectivity index (χ0v) is 14.7. The molecule has 1 aliphatic heterocycles. The van der Waals surface area contributed by atoms with E-state index in [4.69, 9.17) is 4.74 Å². The van der Waals surface area contributed by atoms with Gasteiger partial charge in [-0.3, -0.25) is 9.59 Å². The molecule has 0 spiro atoms. The average molecular weight is 312 g/mol. The first kappa shape index (κ1) is 18.5. The zero-order chi connectivity index (χ0) is 17.3. The van der Waals surface area contributed by atoms with Gasteiger partial charge in [0.25, 0.3) is 0 Å². The van der Waals surface area contributed by atoms with Crippen LogP contribution in [0.1, 0.15) is 61.3 Å². The van der Waals surface area contributed by atoms with E-state index in [2.05, 4.69) is 5.32 Å². The topological polar surface area (TPSA) is 75.7 Å². The van der Waals surface area contributed by atoms with Crippen LogP contribution in [-0.2, 0) is 19.1 Å². The molecule has 2 amide bonds. The Hall–Kier alpha value is -1.59. The Morgan fingerprint density at radius 3 is 1.82 bits per heavy atom. The molecule has 1 fully saturated rings. The van der Waals surface area contributed by atoms with E-state index in [1.54, 1.807) is 11.8 Å². The van der Waals surface area contributed by atoms with Crippen molar-refractivity contribution in [2.24, 2.45) is 0 Å². The number of rotatable bonds is 3. The highest BCUT2D eigenvalue weighted by molar-refractivity contribution is 5.88. The van der Waals surface area contributed by atoms with E-state index in [1.165, 1.54) is 13.8 Å². The molecule has 0 aromatic heterocycles. The quantitative estimate of drug-likeness (QED) is 0.804. The van der Waals surface area contributed by atoms with Gasteiger partial charge in [0.1, 0.15) is 5.54 Å². The van der Waals surface area contributed by atoms with Crippen molar-refractivity contribution >= 4 is 17.8 Å². The first-order chi connectivity index (χ1) is 9.88. The highest BCUT2D eigenvalue weighted by atomic mass is 16.5. The molecule has 22 heavy (non-hydrogen) atoms. The van der Waals surface area contributed by atoms with E-state index in [0.29, 0.717) is 12.8 Å². The summed E-state index contributed by atoms with van der Waals surface area (Å²) in [6.07, 6.45) is 0.642. The second kappa shape index (κ2) is 5.89. The van der Waals surface area contributed by atoms with Crippen molar-refractivity contribution in [2.75, 3.05) is 6.61 Å². The third-order valence-electron chi connectivity index (χ3n) is 4.08.